The van der Waals surface area contributed by atoms with Gasteiger partial charge in [0, 0.05) is 0 Å². The molecule has 0 saturated heterocycles. The summed E-state index contributed by atoms with van der Waals surface area (Å²) < 4.78 is 0.215. The first-order valence-corrected chi connectivity index (χ1v) is 10.4. The van der Waals surface area contributed by atoms with Gasteiger partial charge in [-0.1, -0.05) is 0 Å². The zero-order chi connectivity index (χ0) is 15.1. The quantitative estimate of drug-likeness (QED) is 0.329. The first-order chi connectivity index (χ1) is 10.7. The molecule has 0 fully saturated rings. The number of amidine groups is 1. The van der Waals surface area contributed by atoms with Gasteiger partial charge in [-0.3, -0.25) is 0 Å². The molecule has 1 heterocycles. The van der Waals surface area contributed by atoms with Crippen molar-refractivity contribution >= 4 is 16.6 Å². The Morgan fingerprint density at radius 2 is 1.59 bits per heavy atom. The Morgan fingerprint density at radius 3 is 2.32 bits per heavy atom. The van der Waals surface area contributed by atoms with Crippen LogP contribution in [0, 0.1) is 5.41 Å². The molecule has 0 aromatic heterocycles. The Kier molecular flexibility index (Phi) is 3.38. The molecular weight excluding hydrogens is 461 g/mol. The number of benzene rings is 3. The number of rotatable bonds is 1. The predicted octanol–water partition coefficient (Wildman–Crippen LogP) is 4.02. The number of nitrogens with zero attached hydrogens (tertiary/aromatic N) is 1. The zero-order valence-electron chi connectivity index (χ0n) is 12.0. The average molecular weight is 474 g/mol. The van der Waals surface area contributed by atoms with Crippen molar-refractivity contribution < 1.29 is 31.0 Å². The molecule has 1 aliphatic heterocycles. The van der Waals surface area contributed by atoms with Gasteiger partial charge in [-0.25, -0.2) is 0 Å². The van der Waals surface area contributed by atoms with Gasteiger partial charge in [0.15, 0.2) is 0 Å². The van der Waals surface area contributed by atoms with E-state index in [4.69, 9.17) is 10.2 Å². The molecule has 0 aliphatic carbocycles. The molecule has 22 heavy (non-hydrogen) atoms. The normalized spacial score (nSPS) is 16.5. The van der Waals surface area contributed by atoms with Gasteiger partial charge in [-0.2, -0.15) is 0 Å². The molecule has 0 bridgehead atoms. The van der Waals surface area contributed by atoms with Gasteiger partial charge in [0.1, 0.15) is 0 Å². The fourth-order valence-corrected chi connectivity index (χ4v) is 5.04. The molecule has 1 N–H and O–H groups in total. The van der Waals surface area contributed by atoms with Gasteiger partial charge in [-0.15, -0.1) is 0 Å². The Balaban J connectivity index is 1.74. The molecule has 0 radical (unpaired) electrons. The molecule has 3 nitrogen and oxygen atoms in total. The molecule has 0 saturated carbocycles. The molecule has 3 aromatic rings. The van der Waals surface area contributed by atoms with E-state index in [2.05, 4.69) is 30.3 Å². The van der Waals surface area contributed by atoms with Crippen LogP contribution < -0.4 is 4.84 Å². The van der Waals surface area contributed by atoms with E-state index >= 15 is 0 Å². The fourth-order valence-electron chi connectivity index (χ4n) is 2.80. The molecule has 4 rings (SSSR count). The number of fused-ring (bicyclic) bond motifs is 2. The Bertz CT molecular complexity index is 863. The minimum atomic E-state index is 0.215. The van der Waals surface area contributed by atoms with Gasteiger partial charge in [0.25, 0.3) is 0 Å². The summed E-state index contributed by atoms with van der Waals surface area (Å²) in [6, 6.07) is 22.4. The van der Waals surface area contributed by atoms with Gasteiger partial charge < -0.3 is 0 Å². The molecule has 3 aromatic carbocycles. The molecule has 4 heteroatoms. The standard InChI is InChI=1S/C18H13N2O.Hg/c19-18(13-6-2-1-3-7-13)20-12-16-10-14-8-4-5-9-15(14)11-17(16)21-20;/h1-12,19H;. The predicted molar refractivity (Wildman–Crippen MR) is 82.4 cm³/mol. The van der Waals surface area contributed by atoms with Crippen LogP contribution in [0.2, 0.25) is 0 Å². The van der Waals surface area contributed by atoms with E-state index in [1.807, 2.05) is 36.4 Å². The molecule has 0 spiro atoms. The van der Waals surface area contributed by atoms with Crippen molar-refractivity contribution in [2.24, 2.45) is 0 Å². The summed E-state index contributed by atoms with van der Waals surface area (Å²) >= 11 is 0.429. The van der Waals surface area contributed by atoms with Crippen LogP contribution in [0.3, 0.4) is 0 Å². The first kappa shape index (κ1) is 13.8. The zero-order valence-corrected chi connectivity index (χ0v) is 17.5. The third-order valence-corrected chi connectivity index (χ3v) is 6.98. The number of hydrogen-bond acceptors (Lipinski definition) is 2. The summed E-state index contributed by atoms with van der Waals surface area (Å²) in [6.07, 6.45) is 0. The Morgan fingerprint density at radius 1 is 0.955 bits per heavy atom. The summed E-state index contributed by atoms with van der Waals surface area (Å²) in [6.45, 7) is 0. The molecule has 1 aliphatic rings. The summed E-state index contributed by atoms with van der Waals surface area (Å²) in [5.41, 5.74) is 2.10. The van der Waals surface area contributed by atoms with Crippen molar-refractivity contribution in [1.82, 2.24) is 5.06 Å². The van der Waals surface area contributed by atoms with Crippen LogP contribution >= 0.6 is 0 Å². The third-order valence-electron chi connectivity index (χ3n) is 3.98. The summed E-state index contributed by atoms with van der Waals surface area (Å²) in [4.78, 5) is 6.00. The maximum atomic E-state index is 8.45. The van der Waals surface area contributed by atoms with E-state index in [1.54, 1.807) is 5.06 Å². The second-order valence-corrected chi connectivity index (χ2v) is 8.39. The van der Waals surface area contributed by atoms with E-state index in [1.165, 1.54) is 16.3 Å². The van der Waals surface area contributed by atoms with Crippen molar-refractivity contribution in [1.29, 1.82) is 5.41 Å². The van der Waals surface area contributed by atoms with Crippen LogP contribution in [0.25, 0.3) is 10.8 Å². The second-order valence-electron chi connectivity index (χ2n) is 5.38. The third kappa shape index (κ3) is 2.20. The van der Waals surface area contributed by atoms with Crippen LogP contribution in [-0.2, 0) is 26.1 Å². The van der Waals surface area contributed by atoms with E-state index in [-0.39, 0.29) is 3.55 Å². The van der Waals surface area contributed by atoms with Crippen molar-refractivity contribution in [2.75, 3.05) is 0 Å². The molecular formula is C18H13HgN2O. The topological polar surface area (TPSA) is 36.3 Å². The van der Waals surface area contributed by atoms with Crippen molar-refractivity contribution in [2.45, 2.75) is 3.55 Å². The van der Waals surface area contributed by atoms with Crippen molar-refractivity contribution in [3.8, 4) is 5.75 Å². The fraction of sp³-hybridized carbons (Fsp3) is 0.0556. The monoisotopic (exact) mass is 475 g/mol. The van der Waals surface area contributed by atoms with Crippen LogP contribution in [0.4, 0.5) is 0 Å². The first-order valence-electron chi connectivity index (χ1n) is 7.21. The van der Waals surface area contributed by atoms with E-state index < -0.39 is 0 Å². The van der Waals surface area contributed by atoms with Gasteiger partial charge in [-0.05, 0) is 0 Å². The van der Waals surface area contributed by atoms with Crippen LogP contribution in [0.15, 0.2) is 66.7 Å². The minimum absolute atomic E-state index is 0.215. The van der Waals surface area contributed by atoms with Crippen LogP contribution in [-0.4, -0.2) is 10.9 Å². The Labute approximate surface area is 144 Å². The van der Waals surface area contributed by atoms with Gasteiger partial charge in [0.05, 0.1) is 0 Å². The average Bonchev–Trinajstić information content (AvgIpc) is 2.89. The maximum absolute atomic E-state index is 8.45. The summed E-state index contributed by atoms with van der Waals surface area (Å²) in [5, 5.41) is 12.6. The van der Waals surface area contributed by atoms with Crippen molar-refractivity contribution in [3.63, 3.8) is 0 Å². The number of hydroxylamine groups is 2. The number of hydrogen-bond donors (Lipinski definition) is 1. The van der Waals surface area contributed by atoms with E-state index in [9.17, 15) is 0 Å². The Hall–Kier alpha value is -1.87. The van der Waals surface area contributed by atoms with Crippen LogP contribution in [0.5, 0.6) is 5.75 Å². The van der Waals surface area contributed by atoms with Crippen LogP contribution in [0.1, 0.15) is 14.7 Å². The van der Waals surface area contributed by atoms with Gasteiger partial charge >= 0.3 is 145 Å². The van der Waals surface area contributed by atoms with Gasteiger partial charge in [0.2, 0.25) is 0 Å². The number of nitrogens with one attached hydrogen (secondary N) is 1. The second kappa shape index (κ2) is 5.40. The summed E-state index contributed by atoms with van der Waals surface area (Å²) in [7, 11) is 0. The molecule has 103 valence electrons. The molecule has 0 amide bonds. The SMILES string of the molecule is N=C(c1ccccc1)N1Oc2cc3ccccc3cc2[CH]1[Hg]. The summed E-state index contributed by atoms with van der Waals surface area (Å²) in [5.74, 6) is 1.32. The van der Waals surface area contributed by atoms with E-state index in [0.717, 1.165) is 11.3 Å². The van der Waals surface area contributed by atoms with Crippen molar-refractivity contribution in [3.05, 3.63) is 77.9 Å². The van der Waals surface area contributed by atoms with E-state index in [0.29, 0.717) is 32.0 Å². The molecule has 1 atom stereocenters. The molecule has 1 unspecified atom stereocenters.